The number of aliphatic hydroxyl groups is 1. The molecule has 0 saturated heterocycles. The number of nitrogens with one attached hydrogen (secondary N) is 1. The average Bonchev–Trinajstić information content (AvgIpc) is 3.10. The monoisotopic (exact) mass is 299 g/mol. The highest BCUT2D eigenvalue weighted by Gasteiger charge is 2.41. The zero-order chi connectivity index (χ0) is 12.3. The van der Waals surface area contributed by atoms with Crippen LogP contribution in [0.1, 0.15) is 18.4 Å². The minimum absolute atomic E-state index is 0.152. The van der Waals surface area contributed by atoms with E-state index in [-0.39, 0.29) is 12.0 Å². The van der Waals surface area contributed by atoms with Crippen molar-refractivity contribution in [1.82, 2.24) is 5.32 Å². The van der Waals surface area contributed by atoms with Crippen LogP contribution in [0.15, 0.2) is 22.7 Å². The van der Waals surface area contributed by atoms with Crippen molar-refractivity contribution in [2.24, 2.45) is 5.41 Å². The summed E-state index contributed by atoms with van der Waals surface area (Å²) in [6.07, 6.45) is 2.26. The molecule has 1 aromatic carbocycles. The largest absolute Gasteiger partial charge is 0.496 e. The molecule has 3 nitrogen and oxygen atoms in total. The number of methoxy groups -OCH3 is 1. The van der Waals surface area contributed by atoms with Gasteiger partial charge in [-0.05, 0) is 31.0 Å². The van der Waals surface area contributed by atoms with E-state index in [1.807, 2.05) is 12.1 Å². The topological polar surface area (TPSA) is 41.5 Å². The molecule has 2 rings (SSSR count). The Balaban J connectivity index is 1.91. The first kappa shape index (κ1) is 12.9. The van der Waals surface area contributed by atoms with Crippen molar-refractivity contribution < 1.29 is 9.84 Å². The lowest BCUT2D eigenvalue weighted by Gasteiger charge is -2.14. The van der Waals surface area contributed by atoms with Crippen LogP contribution < -0.4 is 10.1 Å². The molecule has 1 aliphatic carbocycles. The molecule has 0 bridgehead atoms. The molecule has 94 valence electrons. The Labute approximate surface area is 110 Å². The Morgan fingerprint density at radius 1 is 1.47 bits per heavy atom. The molecular weight excluding hydrogens is 282 g/mol. The van der Waals surface area contributed by atoms with Gasteiger partial charge in [-0.2, -0.15) is 0 Å². The summed E-state index contributed by atoms with van der Waals surface area (Å²) in [5.41, 5.74) is 1.29. The van der Waals surface area contributed by atoms with E-state index in [4.69, 9.17) is 4.74 Å². The fourth-order valence-electron chi connectivity index (χ4n) is 1.92. The van der Waals surface area contributed by atoms with Gasteiger partial charge >= 0.3 is 0 Å². The van der Waals surface area contributed by atoms with Crippen molar-refractivity contribution in [3.05, 3.63) is 28.2 Å². The molecule has 0 heterocycles. The van der Waals surface area contributed by atoms with Gasteiger partial charge < -0.3 is 15.2 Å². The fourth-order valence-corrected chi connectivity index (χ4v) is 2.32. The van der Waals surface area contributed by atoms with Crippen molar-refractivity contribution in [2.75, 3.05) is 20.3 Å². The standard InChI is InChI=1S/C13H18BrNO2/c1-17-12-3-2-11(14)6-10(12)7-15-8-13(9-16)4-5-13/h2-3,6,15-16H,4-5,7-9H2,1H3. The summed E-state index contributed by atoms with van der Waals surface area (Å²) in [6, 6.07) is 5.99. The summed E-state index contributed by atoms with van der Waals surface area (Å²) < 4.78 is 6.37. The summed E-state index contributed by atoms with van der Waals surface area (Å²) in [5, 5.41) is 12.6. The number of ether oxygens (including phenoxy) is 1. The van der Waals surface area contributed by atoms with Gasteiger partial charge in [0.2, 0.25) is 0 Å². The smallest absolute Gasteiger partial charge is 0.123 e. The minimum Gasteiger partial charge on any atom is -0.496 e. The van der Waals surface area contributed by atoms with Crippen LogP contribution in [0.3, 0.4) is 0 Å². The summed E-state index contributed by atoms with van der Waals surface area (Å²) >= 11 is 3.46. The van der Waals surface area contributed by atoms with Crippen molar-refractivity contribution >= 4 is 15.9 Å². The summed E-state index contributed by atoms with van der Waals surface area (Å²) in [7, 11) is 1.68. The minimum atomic E-state index is 0.152. The van der Waals surface area contributed by atoms with Crippen molar-refractivity contribution in [3.8, 4) is 5.75 Å². The Bertz CT molecular complexity index is 391. The molecule has 0 spiro atoms. The summed E-state index contributed by atoms with van der Waals surface area (Å²) in [6.45, 7) is 1.93. The van der Waals surface area contributed by atoms with Crippen LogP contribution in [0.4, 0.5) is 0 Å². The van der Waals surface area contributed by atoms with E-state index < -0.39 is 0 Å². The van der Waals surface area contributed by atoms with Crippen LogP contribution in [0, 0.1) is 5.41 Å². The van der Waals surface area contributed by atoms with Crippen LogP contribution >= 0.6 is 15.9 Å². The summed E-state index contributed by atoms with van der Waals surface area (Å²) in [4.78, 5) is 0. The number of halogens is 1. The molecule has 0 aromatic heterocycles. The third kappa shape index (κ3) is 3.21. The van der Waals surface area contributed by atoms with Crippen molar-refractivity contribution in [3.63, 3.8) is 0 Å². The van der Waals surface area contributed by atoms with Gasteiger partial charge in [0.1, 0.15) is 5.75 Å². The first-order chi connectivity index (χ1) is 8.19. The van der Waals surface area contributed by atoms with Crippen LogP contribution in [0.2, 0.25) is 0 Å². The first-order valence-corrected chi connectivity index (χ1v) is 6.62. The Morgan fingerprint density at radius 2 is 2.24 bits per heavy atom. The number of rotatable bonds is 6. The van der Waals surface area contributed by atoms with Gasteiger partial charge in [0.15, 0.2) is 0 Å². The molecule has 17 heavy (non-hydrogen) atoms. The van der Waals surface area contributed by atoms with E-state index in [2.05, 4.69) is 27.3 Å². The predicted octanol–water partition coefficient (Wildman–Crippen LogP) is 2.32. The second-order valence-electron chi connectivity index (χ2n) is 4.72. The SMILES string of the molecule is COc1ccc(Br)cc1CNCC1(CO)CC1. The average molecular weight is 300 g/mol. The normalized spacial score (nSPS) is 16.9. The van der Waals surface area contributed by atoms with E-state index >= 15 is 0 Å². The van der Waals surface area contributed by atoms with Crippen LogP contribution in [0.5, 0.6) is 5.75 Å². The van der Waals surface area contributed by atoms with E-state index in [0.29, 0.717) is 0 Å². The lowest BCUT2D eigenvalue weighted by atomic mass is 10.1. The molecule has 1 fully saturated rings. The molecular formula is C13H18BrNO2. The number of hydrogen-bond acceptors (Lipinski definition) is 3. The number of benzene rings is 1. The van der Waals surface area contributed by atoms with E-state index in [9.17, 15) is 5.11 Å². The second-order valence-corrected chi connectivity index (χ2v) is 5.63. The van der Waals surface area contributed by atoms with Gasteiger partial charge in [-0.3, -0.25) is 0 Å². The van der Waals surface area contributed by atoms with Gasteiger partial charge in [-0.15, -0.1) is 0 Å². The fraction of sp³-hybridized carbons (Fsp3) is 0.538. The third-order valence-electron chi connectivity index (χ3n) is 3.35. The van der Waals surface area contributed by atoms with E-state index in [1.54, 1.807) is 7.11 Å². The number of hydrogen-bond donors (Lipinski definition) is 2. The molecule has 0 radical (unpaired) electrons. The maximum absolute atomic E-state index is 9.23. The quantitative estimate of drug-likeness (QED) is 0.847. The van der Waals surface area contributed by atoms with Crippen molar-refractivity contribution in [2.45, 2.75) is 19.4 Å². The zero-order valence-electron chi connectivity index (χ0n) is 10.0. The predicted molar refractivity (Wildman–Crippen MR) is 71.2 cm³/mol. The molecule has 4 heteroatoms. The van der Waals surface area contributed by atoms with Crippen LogP contribution in [0.25, 0.3) is 0 Å². The number of aliphatic hydroxyl groups excluding tert-OH is 1. The van der Waals surface area contributed by atoms with Gasteiger partial charge in [0.05, 0.1) is 7.11 Å². The molecule has 2 N–H and O–H groups in total. The molecule has 1 saturated carbocycles. The third-order valence-corrected chi connectivity index (χ3v) is 3.84. The molecule has 0 aliphatic heterocycles. The first-order valence-electron chi connectivity index (χ1n) is 5.83. The van der Waals surface area contributed by atoms with Gasteiger partial charge in [0.25, 0.3) is 0 Å². The van der Waals surface area contributed by atoms with Gasteiger partial charge in [0, 0.05) is 35.1 Å². The highest BCUT2D eigenvalue weighted by Crippen LogP contribution is 2.44. The van der Waals surface area contributed by atoms with E-state index in [1.165, 1.54) is 0 Å². The maximum atomic E-state index is 9.23. The second kappa shape index (κ2) is 5.38. The Morgan fingerprint density at radius 3 is 2.82 bits per heavy atom. The van der Waals surface area contributed by atoms with Gasteiger partial charge in [-0.1, -0.05) is 15.9 Å². The summed E-state index contributed by atoms with van der Waals surface area (Å²) in [5.74, 6) is 0.898. The van der Waals surface area contributed by atoms with Crippen LogP contribution in [-0.4, -0.2) is 25.4 Å². The molecule has 0 unspecified atom stereocenters. The Hall–Kier alpha value is -0.580. The highest BCUT2D eigenvalue weighted by atomic mass is 79.9. The Kier molecular flexibility index (Phi) is 4.07. The van der Waals surface area contributed by atoms with Crippen LogP contribution in [-0.2, 0) is 6.54 Å². The molecule has 1 aromatic rings. The molecule has 1 aliphatic rings. The lowest BCUT2D eigenvalue weighted by Crippen LogP contribution is -2.26. The zero-order valence-corrected chi connectivity index (χ0v) is 11.6. The lowest BCUT2D eigenvalue weighted by molar-refractivity contribution is 0.207. The van der Waals surface area contributed by atoms with Crippen molar-refractivity contribution in [1.29, 1.82) is 0 Å². The maximum Gasteiger partial charge on any atom is 0.123 e. The van der Waals surface area contributed by atoms with E-state index in [0.717, 1.165) is 41.7 Å². The molecule has 0 amide bonds. The van der Waals surface area contributed by atoms with Gasteiger partial charge in [-0.25, -0.2) is 0 Å². The highest BCUT2D eigenvalue weighted by molar-refractivity contribution is 9.10. The molecule has 0 atom stereocenters.